The molecule has 28 heavy (non-hydrogen) atoms. The lowest BCUT2D eigenvalue weighted by Gasteiger charge is -2.44. The smallest absolute Gasteiger partial charge is 0.353 e. The molecule has 0 unspecified atom stereocenters. The highest BCUT2D eigenvalue weighted by Crippen LogP contribution is 2.27. The first-order valence-corrected chi connectivity index (χ1v) is 12.3. The highest BCUT2D eigenvalue weighted by molar-refractivity contribution is 6.59. The zero-order valence-corrected chi connectivity index (χ0v) is 18.7. The van der Waals surface area contributed by atoms with E-state index in [9.17, 15) is 4.46 Å². The van der Waals surface area contributed by atoms with E-state index in [2.05, 4.69) is 59.4 Å². The standard InChI is InChI=1S/C22H34N4OSi/c1-4-22(2,3)18-8-10-20(11-9-18)28(27)26-13-12-23-21(26)25-16-14-24(15-17-25)19-6-5-7-19/h8-11,19H,4-7,12-17H2,1-3H3. The van der Waals surface area contributed by atoms with Crippen LogP contribution in [0.2, 0.25) is 0 Å². The van der Waals surface area contributed by atoms with Gasteiger partial charge in [0, 0.05) is 44.0 Å². The summed E-state index contributed by atoms with van der Waals surface area (Å²) < 4.78 is 15.4. The molecule has 1 saturated carbocycles. The van der Waals surface area contributed by atoms with E-state index in [1.807, 2.05) is 0 Å². The molecule has 4 rings (SSSR count). The summed E-state index contributed by atoms with van der Waals surface area (Å²) in [6, 6.07) is 9.27. The molecule has 1 saturated heterocycles. The van der Waals surface area contributed by atoms with Crippen LogP contribution in [0, 0.1) is 0 Å². The average Bonchev–Trinajstić information content (AvgIpc) is 3.16. The first kappa shape index (κ1) is 19.8. The molecule has 6 heteroatoms. The molecular formula is C22H34N4OSi. The van der Waals surface area contributed by atoms with E-state index in [4.69, 9.17) is 4.99 Å². The fraction of sp³-hybridized carbons (Fsp3) is 0.682. The van der Waals surface area contributed by atoms with E-state index >= 15 is 0 Å². The first-order chi connectivity index (χ1) is 13.5. The number of aliphatic imine (C=N–C) groups is 1. The SMILES string of the molecule is CCC(C)(C)c1ccc([Si](=O)N2CCN=C2N2CCN(C3CCC3)CC2)cc1. The molecule has 0 atom stereocenters. The molecule has 1 aromatic carbocycles. The molecule has 0 radical (unpaired) electrons. The maximum absolute atomic E-state index is 13.4. The van der Waals surface area contributed by atoms with Crippen molar-refractivity contribution < 1.29 is 4.46 Å². The van der Waals surface area contributed by atoms with Crippen molar-refractivity contribution in [1.82, 2.24) is 14.4 Å². The fourth-order valence-corrected chi connectivity index (χ4v) is 5.82. The Kier molecular flexibility index (Phi) is 5.70. The quantitative estimate of drug-likeness (QED) is 0.714. The van der Waals surface area contributed by atoms with Crippen LogP contribution in [-0.2, 0) is 9.88 Å². The summed E-state index contributed by atoms with van der Waals surface area (Å²) in [6.45, 7) is 12.5. The van der Waals surface area contributed by atoms with E-state index in [-0.39, 0.29) is 5.41 Å². The summed E-state index contributed by atoms with van der Waals surface area (Å²) in [7, 11) is -2.03. The van der Waals surface area contributed by atoms with Gasteiger partial charge in [-0.2, -0.15) is 0 Å². The van der Waals surface area contributed by atoms with Crippen molar-refractivity contribution in [2.24, 2.45) is 4.99 Å². The Balaban J connectivity index is 1.41. The Hall–Kier alpha value is -1.53. The normalized spacial score (nSPS) is 21.6. The lowest BCUT2D eigenvalue weighted by atomic mass is 9.82. The summed E-state index contributed by atoms with van der Waals surface area (Å²) in [5.74, 6) is 0.968. The van der Waals surface area contributed by atoms with Gasteiger partial charge in [0.2, 0.25) is 0 Å². The Bertz CT molecular complexity index is 733. The molecule has 0 aromatic heterocycles. The second-order valence-corrected chi connectivity index (χ2v) is 10.8. The molecule has 3 aliphatic rings. The summed E-state index contributed by atoms with van der Waals surface area (Å²) in [4.78, 5) is 9.73. The van der Waals surface area contributed by atoms with E-state index in [0.717, 1.165) is 62.9 Å². The third-order valence-electron chi connectivity index (χ3n) is 7.05. The van der Waals surface area contributed by atoms with Crippen molar-refractivity contribution in [3.05, 3.63) is 29.8 Å². The fourth-order valence-electron chi connectivity index (χ4n) is 4.36. The number of hydrogen-bond acceptors (Lipinski definition) is 4. The Labute approximate surface area is 171 Å². The molecule has 5 nitrogen and oxygen atoms in total. The van der Waals surface area contributed by atoms with Crippen molar-refractivity contribution in [1.29, 1.82) is 0 Å². The van der Waals surface area contributed by atoms with Crippen molar-refractivity contribution in [3.63, 3.8) is 0 Å². The molecule has 2 heterocycles. The maximum Gasteiger partial charge on any atom is 0.438 e. The number of benzene rings is 1. The Morgan fingerprint density at radius 1 is 1.07 bits per heavy atom. The van der Waals surface area contributed by atoms with Gasteiger partial charge in [-0.15, -0.1) is 0 Å². The van der Waals surface area contributed by atoms with Gasteiger partial charge in [0.25, 0.3) is 0 Å². The molecule has 0 N–H and O–H groups in total. The predicted octanol–water partition coefficient (Wildman–Crippen LogP) is 2.34. The molecule has 2 fully saturated rings. The minimum absolute atomic E-state index is 0.161. The summed E-state index contributed by atoms with van der Waals surface area (Å²) >= 11 is 0. The van der Waals surface area contributed by atoms with Crippen LogP contribution in [0.1, 0.15) is 52.0 Å². The van der Waals surface area contributed by atoms with Crippen molar-refractivity contribution >= 4 is 20.0 Å². The molecule has 0 bridgehead atoms. The largest absolute Gasteiger partial charge is 0.438 e. The van der Waals surface area contributed by atoms with Crippen LogP contribution in [0.3, 0.4) is 0 Å². The molecule has 152 valence electrons. The zero-order valence-electron chi connectivity index (χ0n) is 17.7. The Morgan fingerprint density at radius 2 is 1.75 bits per heavy atom. The number of piperazine rings is 1. The summed E-state index contributed by atoms with van der Waals surface area (Å²) in [6.07, 6.45) is 5.22. The van der Waals surface area contributed by atoms with Crippen LogP contribution in [0.25, 0.3) is 0 Å². The molecular weight excluding hydrogens is 364 g/mol. The molecule has 1 aromatic rings. The van der Waals surface area contributed by atoms with Crippen LogP contribution < -0.4 is 5.19 Å². The third kappa shape index (κ3) is 3.81. The average molecular weight is 399 g/mol. The van der Waals surface area contributed by atoms with Gasteiger partial charge in [0.05, 0.1) is 6.54 Å². The number of rotatable bonds is 5. The number of nitrogens with zero attached hydrogens (tertiary/aromatic N) is 4. The molecule has 0 spiro atoms. The van der Waals surface area contributed by atoms with E-state index in [0.29, 0.717) is 0 Å². The third-order valence-corrected chi connectivity index (χ3v) is 8.79. The number of hydrogen-bond donors (Lipinski definition) is 0. The van der Waals surface area contributed by atoms with Crippen LogP contribution in [0.5, 0.6) is 0 Å². The van der Waals surface area contributed by atoms with Crippen LogP contribution in [0.4, 0.5) is 0 Å². The minimum atomic E-state index is -2.03. The van der Waals surface area contributed by atoms with Gasteiger partial charge < -0.3 is 13.9 Å². The van der Waals surface area contributed by atoms with Gasteiger partial charge in [-0.3, -0.25) is 9.89 Å². The number of guanidine groups is 1. The van der Waals surface area contributed by atoms with Crippen LogP contribution in [-0.4, -0.2) is 74.5 Å². The van der Waals surface area contributed by atoms with Gasteiger partial charge in [-0.05, 0) is 30.2 Å². The summed E-state index contributed by atoms with van der Waals surface area (Å²) in [5.41, 5.74) is 1.48. The lowest BCUT2D eigenvalue weighted by Crippen LogP contribution is -2.57. The van der Waals surface area contributed by atoms with Gasteiger partial charge >= 0.3 is 8.84 Å². The van der Waals surface area contributed by atoms with Crippen molar-refractivity contribution in [3.8, 4) is 0 Å². The molecule has 1 aliphatic carbocycles. The Morgan fingerprint density at radius 3 is 2.32 bits per heavy atom. The van der Waals surface area contributed by atoms with Gasteiger partial charge in [0.1, 0.15) is 0 Å². The maximum atomic E-state index is 13.4. The topological polar surface area (TPSA) is 39.2 Å². The lowest BCUT2D eigenvalue weighted by molar-refractivity contribution is 0.0832. The highest BCUT2D eigenvalue weighted by atomic mass is 28.3. The van der Waals surface area contributed by atoms with Gasteiger partial charge in [0.15, 0.2) is 5.96 Å². The van der Waals surface area contributed by atoms with Gasteiger partial charge in [-0.25, -0.2) is 0 Å². The second-order valence-electron chi connectivity index (χ2n) is 9.06. The van der Waals surface area contributed by atoms with Crippen LogP contribution in [0.15, 0.2) is 29.3 Å². The monoisotopic (exact) mass is 398 g/mol. The van der Waals surface area contributed by atoms with E-state index < -0.39 is 8.84 Å². The van der Waals surface area contributed by atoms with Crippen LogP contribution >= 0.6 is 0 Å². The van der Waals surface area contributed by atoms with Gasteiger partial charge in [-0.1, -0.05) is 51.5 Å². The molecule has 2 aliphatic heterocycles. The second kappa shape index (κ2) is 8.07. The summed E-state index contributed by atoms with van der Waals surface area (Å²) in [5, 5.41) is 0.948. The highest BCUT2D eigenvalue weighted by Gasteiger charge is 2.34. The van der Waals surface area contributed by atoms with Crippen molar-refractivity contribution in [2.75, 3.05) is 39.3 Å². The van der Waals surface area contributed by atoms with E-state index in [1.54, 1.807) is 0 Å². The minimum Gasteiger partial charge on any atom is -0.353 e. The predicted molar refractivity (Wildman–Crippen MR) is 116 cm³/mol. The molecule has 0 amide bonds. The first-order valence-electron chi connectivity index (χ1n) is 11.0. The van der Waals surface area contributed by atoms with E-state index in [1.165, 1.54) is 24.8 Å². The zero-order chi connectivity index (χ0) is 19.7. The van der Waals surface area contributed by atoms with Crippen molar-refractivity contribution in [2.45, 2.75) is 57.9 Å².